The van der Waals surface area contributed by atoms with Gasteiger partial charge >= 0.3 is 0 Å². The van der Waals surface area contributed by atoms with Crippen molar-refractivity contribution < 1.29 is 15.3 Å². The summed E-state index contributed by atoms with van der Waals surface area (Å²) in [7, 11) is 0. The monoisotopic (exact) mass is 196 g/mol. The molecule has 0 aliphatic heterocycles. The van der Waals surface area contributed by atoms with Crippen LogP contribution in [0.25, 0.3) is 0 Å². The van der Waals surface area contributed by atoms with Gasteiger partial charge in [-0.3, -0.25) is 0 Å². The van der Waals surface area contributed by atoms with Crippen LogP contribution in [-0.4, -0.2) is 21.6 Å². The molecule has 0 atom stereocenters. The first-order chi connectivity index (χ1) is 6.70. The number of aliphatic hydroxyl groups is 2. The van der Waals surface area contributed by atoms with Crippen molar-refractivity contribution in [2.24, 2.45) is 0 Å². The van der Waals surface area contributed by atoms with Crippen LogP contribution in [0.2, 0.25) is 0 Å². The summed E-state index contributed by atoms with van der Waals surface area (Å²) in [6, 6.07) is 7.22. The maximum absolute atomic E-state index is 9.42. The Labute approximate surface area is 83.6 Å². The van der Waals surface area contributed by atoms with E-state index in [-0.39, 0.29) is 0 Å². The lowest BCUT2D eigenvalue weighted by Crippen LogP contribution is -2.03. The number of aliphatic hydroxyl groups excluding tert-OH is 1. The fraction of sp³-hybridized carbons (Fsp3) is 0.455. The van der Waals surface area contributed by atoms with Crippen molar-refractivity contribution in [1.29, 1.82) is 0 Å². The lowest BCUT2D eigenvalue weighted by molar-refractivity contribution is -0.0465. The molecule has 78 valence electrons. The number of phenolic OH excluding ortho intramolecular Hbond substituents is 1. The van der Waals surface area contributed by atoms with E-state index in [4.69, 9.17) is 10.2 Å². The zero-order valence-electron chi connectivity index (χ0n) is 8.06. The van der Waals surface area contributed by atoms with E-state index in [1.165, 1.54) is 0 Å². The van der Waals surface area contributed by atoms with Crippen molar-refractivity contribution in [1.82, 2.24) is 0 Å². The van der Waals surface area contributed by atoms with Crippen molar-refractivity contribution in [2.45, 2.75) is 32.0 Å². The Morgan fingerprint density at radius 1 is 1.07 bits per heavy atom. The highest BCUT2D eigenvalue weighted by atomic mass is 16.5. The van der Waals surface area contributed by atoms with Crippen LogP contribution in [0.3, 0.4) is 0 Å². The predicted octanol–water partition coefficient (Wildman–Crippen LogP) is 1.42. The third-order valence-corrected chi connectivity index (χ3v) is 2.15. The highest BCUT2D eigenvalue weighted by Gasteiger charge is 2.00. The van der Waals surface area contributed by atoms with Gasteiger partial charge in [-0.25, -0.2) is 0 Å². The van der Waals surface area contributed by atoms with Gasteiger partial charge in [-0.1, -0.05) is 18.2 Å². The summed E-state index contributed by atoms with van der Waals surface area (Å²) in [5.74, 6) is 0.317. The number of benzene rings is 1. The van der Waals surface area contributed by atoms with Crippen molar-refractivity contribution in [3.8, 4) is 5.75 Å². The van der Waals surface area contributed by atoms with Gasteiger partial charge < -0.3 is 15.3 Å². The highest BCUT2D eigenvalue weighted by molar-refractivity contribution is 5.31. The normalized spacial score (nSPS) is 10.8. The Balaban J connectivity index is 2.28. The number of para-hydroxylation sites is 1. The number of unbranched alkanes of at least 4 members (excludes halogenated alkanes) is 1. The van der Waals surface area contributed by atoms with Crippen molar-refractivity contribution >= 4 is 0 Å². The van der Waals surface area contributed by atoms with E-state index in [0.29, 0.717) is 12.2 Å². The Bertz CT molecular complexity index is 271. The molecule has 3 heteroatoms. The number of hydrogen-bond acceptors (Lipinski definition) is 3. The van der Waals surface area contributed by atoms with Gasteiger partial charge in [0.2, 0.25) is 0 Å². The Morgan fingerprint density at radius 2 is 1.79 bits per heavy atom. The summed E-state index contributed by atoms with van der Waals surface area (Å²) in [4.78, 5) is 0. The largest absolute Gasteiger partial charge is 0.508 e. The summed E-state index contributed by atoms with van der Waals surface area (Å²) >= 11 is 0. The summed E-state index contributed by atoms with van der Waals surface area (Å²) in [6.45, 7) is 0. The standard InChI is InChI=1S/C11H16O3/c12-10-7-3-1-5-9(10)6-2-4-8-11(13)14/h1,3,5,7,11-14H,2,4,6,8H2. The number of aryl methyl sites for hydroxylation is 1. The number of phenols is 1. The van der Waals surface area contributed by atoms with E-state index >= 15 is 0 Å². The molecule has 0 spiro atoms. The molecule has 0 unspecified atom stereocenters. The molecule has 0 aromatic heterocycles. The number of hydrogen-bond donors (Lipinski definition) is 3. The lowest BCUT2D eigenvalue weighted by atomic mass is 10.1. The van der Waals surface area contributed by atoms with Crippen molar-refractivity contribution in [2.75, 3.05) is 0 Å². The van der Waals surface area contributed by atoms with Crippen LogP contribution in [0.4, 0.5) is 0 Å². The van der Waals surface area contributed by atoms with Crippen LogP contribution in [-0.2, 0) is 6.42 Å². The highest BCUT2D eigenvalue weighted by Crippen LogP contribution is 2.18. The first-order valence-corrected chi connectivity index (χ1v) is 4.83. The SMILES string of the molecule is Oc1ccccc1CCCCC(O)O. The summed E-state index contributed by atoms with van der Waals surface area (Å²) < 4.78 is 0. The molecule has 0 saturated carbocycles. The molecule has 1 aromatic rings. The molecule has 3 N–H and O–H groups in total. The van der Waals surface area contributed by atoms with Gasteiger partial charge in [0.05, 0.1) is 0 Å². The van der Waals surface area contributed by atoms with Crippen LogP contribution in [0.15, 0.2) is 24.3 Å². The molecule has 0 heterocycles. The Kier molecular flexibility index (Phi) is 4.43. The number of aromatic hydroxyl groups is 1. The van der Waals surface area contributed by atoms with Gasteiger partial charge in [-0.15, -0.1) is 0 Å². The van der Waals surface area contributed by atoms with Crippen LogP contribution in [0.1, 0.15) is 24.8 Å². The summed E-state index contributed by atoms with van der Waals surface area (Å²) in [6.07, 6.45) is 1.58. The fourth-order valence-corrected chi connectivity index (χ4v) is 1.36. The zero-order chi connectivity index (χ0) is 10.4. The maximum Gasteiger partial charge on any atom is 0.151 e. The first kappa shape index (κ1) is 11.0. The smallest absolute Gasteiger partial charge is 0.151 e. The first-order valence-electron chi connectivity index (χ1n) is 4.83. The van der Waals surface area contributed by atoms with Crippen LogP contribution in [0, 0.1) is 0 Å². The van der Waals surface area contributed by atoms with E-state index in [0.717, 1.165) is 24.8 Å². The van der Waals surface area contributed by atoms with Gasteiger partial charge in [0, 0.05) is 0 Å². The van der Waals surface area contributed by atoms with E-state index < -0.39 is 6.29 Å². The molecule has 1 rings (SSSR count). The van der Waals surface area contributed by atoms with E-state index in [2.05, 4.69) is 0 Å². The van der Waals surface area contributed by atoms with Gasteiger partial charge in [0.15, 0.2) is 6.29 Å². The molecule has 1 aromatic carbocycles. The average Bonchev–Trinajstić information content (AvgIpc) is 2.15. The van der Waals surface area contributed by atoms with Crippen molar-refractivity contribution in [3.05, 3.63) is 29.8 Å². The van der Waals surface area contributed by atoms with Crippen LogP contribution in [0.5, 0.6) is 5.75 Å². The van der Waals surface area contributed by atoms with E-state index in [1.54, 1.807) is 12.1 Å². The molecular weight excluding hydrogens is 180 g/mol. The van der Waals surface area contributed by atoms with E-state index in [9.17, 15) is 5.11 Å². The molecular formula is C11H16O3. The molecule has 0 amide bonds. The maximum atomic E-state index is 9.42. The average molecular weight is 196 g/mol. The van der Waals surface area contributed by atoms with E-state index in [1.807, 2.05) is 12.1 Å². The quantitative estimate of drug-likeness (QED) is 0.493. The second-order valence-corrected chi connectivity index (χ2v) is 3.36. The topological polar surface area (TPSA) is 60.7 Å². The predicted molar refractivity (Wildman–Crippen MR) is 53.9 cm³/mol. The van der Waals surface area contributed by atoms with Crippen LogP contribution >= 0.6 is 0 Å². The van der Waals surface area contributed by atoms with Gasteiger partial charge in [0.25, 0.3) is 0 Å². The summed E-state index contributed by atoms with van der Waals surface area (Å²) in [5, 5.41) is 26.6. The van der Waals surface area contributed by atoms with Gasteiger partial charge in [0.1, 0.15) is 5.75 Å². The second-order valence-electron chi connectivity index (χ2n) is 3.36. The molecule has 0 bridgehead atoms. The van der Waals surface area contributed by atoms with Gasteiger partial charge in [-0.2, -0.15) is 0 Å². The Hall–Kier alpha value is -1.06. The fourth-order valence-electron chi connectivity index (χ4n) is 1.36. The molecule has 0 fully saturated rings. The molecule has 0 saturated heterocycles. The third-order valence-electron chi connectivity index (χ3n) is 2.15. The molecule has 0 aliphatic carbocycles. The lowest BCUT2D eigenvalue weighted by Gasteiger charge is -2.05. The minimum atomic E-state index is -1.21. The minimum Gasteiger partial charge on any atom is -0.508 e. The molecule has 14 heavy (non-hydrogen) atoms. The van der Waals surface area contributed by atoms with Crippen molar-refractivity contribution in [3.63, 3.8) is 0 Å². The Morgan fingerprint density at radius 3 is 2.43 bits per heavy atom. The summed E-state index contributed by atoms with van der Waals surface area (Å²) in [5.41, 5.74) is 0.917. The molecule has 0 aliphatic rings. The molecule has 3 nitrogen and oxygen atoms in total. The third kappa shape index (κ3) is 3.77. The zero-order valence-corrected chi connectivity index (χ0v) is 8.06. The minimum absolute atomic E-state index is 0.317. The molecule has 0 radical (unpaired) electrons. The number of rotatable bonds is 5. The second kappa shape index (κ2) is 5.62. The van der Waals surface area contributed by atoms with Gasteiger partial charge in [-0.05, 0) is 37.3 Å². The van der Waals surface area contributed by atoms with Crippen LogP contribution < -0.4 is 0 Å².